The molecule has 114 valence electrons. The molecule has 1 N–H and O–H groups in total. The van der Waals surface area contributed by atoms with Crippen LogP contribution in [0, 0.1) is 17.8 Å². The van der Waals surface area contributed by atoms with E-state index in [0.717, 1.165) is 12.8 Å². The summed E-state index contributed by atoms with van der Waals surface area (Å²) in [5.41, 5.74) is 0. The average molecular weight is 283 g/mol. The van der Waals surface area contributed by atoms with Gasteiger partial charge in [0.2, 0.25) is 5.91 Å². The molecule has 1 amide bonds. The van der Waals surface area contributed by atoms with Crippen molar-refractivity contribution >= 4 is 11.9 Å². The van der Waals surface area contributed by atoms with E-state index in [2.05, 4.69) is 0 Å². The molecule has 1 aliphatic heterocycles. The maximum atomic E-state index is 12.8. The fourth-order valence-electron chi connectivity index (χ4n) is 3.06. The van der Waals surface area contributed by atoms with Crippen molar-refractivity contribution in [1.29, 1.82) is 0 Å². The van der Waals surface area contributed by atoms with Crippen molar-refractivity contribution in [2.24, 2.45) is 17.8 Å². The molecule has 2 fully saturated rings. The lowest BCUT2D eigenvalue weighted by Gasteiger charge is -2.29. The van der Waals surface area contributed by atoms with Crippen LogP contribution in [0.2, 0.25) is 0 Å². The van der Waals surface area contributed by atoms with E-state index in [1.165, 1.54) is 0 Å². The van der Waals surface area contributed by atoms with Gasteiger partial charge in [0, 0.05) is 12.6 Å². The van der Waals surface area contributed by atoms with Crippen LogP contribution in [0.25, 0.3) is 0 Å². The number of amides is 1. The monoisotopic (exact) mass is 283 g/mol. The molecule has 1 aliphatic carbocycles. The topological polar surface area (TPSA) is 66.8 Å². The third-order valence-corrected chi connectivity index (χ3v) is 4.69. The van der Waals surface area contributed by atoms with Gasteiger partial charge in [-0.25, -0.2) is 0 Å². The van der Waals surface area contributed by atoms with Gasteiger partial charge >= 0.3 is 5.97 Å². The first-order valence-corrected chi connectivity index (χ1v) is 7.51. The summed E-state index contributed by atoms with van der Waals surface area (Å²) in [6, 6.07) is 0.236. The molecule has 0 aromatic carbocycles. The minimum atomic E-state index is -0.847. The number of carboxylic acid groups (broad SMARTS) is 1. The zero-order valence-corrected chi connectivity index (χ0v) is 12.7. The summed E-state index contributed by atoms with van der Waals surface area (Å²) in [7, 11) is 0. The summed E-state index contributed by atoms with van der Waals surface area (Å²) in [6.07, 6.45) is 1.97. The molecule has 0 bridgehead atoms. The lowest BCUT2D eigenvalue weighted by atomic mass is 9.88. The Labute approximate surface area is 120 Å². The second-order valence-electron chi connectivity index (χ2n) is 6.39. The van der Waals surface area contributed by atoms with Crippen LogP contribution in [0.4, 0.5) is 0 Å². The first-order chi connectivity index (χ1) is 9.32. The number of ether oxygens (including phenoxy) is 1. The smallest absolute Gasteiger partial charge is 0.308 e. The number of hydrogen-bond acceptors (Lipinski definition) is 3. The minimum Gasteiger partial charge on any atom is -0.481 e. The largest absolute Gasteiger partial charge is 0.481 e. The normalized spacial score (nSPS) is 34.8. The fraction of sp³-hybridized carbons (Fsp3) is 0.867. The van der Waals surface area contributed by atoms with Crippen molar-refractivity contribution in [1.82, 2.24) is 4.90 Å². The Morgan fingerprint density at radius 3 is 2.25 bits per heavy atom. The van der Waals surface area contributed by atoms with E-state index in [4.69, 9.17) is 9.84 Å². The van der Waals surface area contributed by atoms with Crippen molar-refractivity contribution in [3.8, 4) is 0 Å². The lowest BCUT2D eigenvalue weighted by molar-refractivity contribution is -0.145. The highest BCUT2D eigenvalue weighted by Crippen LogP contribution is 2.37. The highest BCUT2D eigenvalue weighted by Gasteiger charge is 2.46. The molecule has 0 radical (unpaired) electrons. The molecule has 5 unspecified atom stereocenters. The minimum absolute atomic E-state index is 0.0740. The second kappa shape index (κ2) is 5.72. The highest BCUT2D eigenvalue weighted by atomic mass is 16.5. The number of carbonyl (C=O) groups excluding carboxylic acids is 1. The number of nitrogens with zero attached hydrogens (tertiary/aromatic N) is 1. The number of carboxylic acids is 1. The van der Waals surface area contributed by atoms with E-state index in [0.29, 0.717) is 6.54 Å². The third-order valence-electron chi connectivity index (χ3n) is 4.69. The summed E-state index contributed by atoms with van der Waals surface area (Å²) in [6.45, 7) is 7.95. The molecule has 2 rings (SSSR count). The Morgan fingerprint density at radius 1 is 1.25 bits per heavy atom. The number of aliphatic carboxylic acids is 1. The molecule has 0 spiro atoms. The summed E-state index contributed by atoms with van der Waals surface area (Å²) in [5.74, 6) is -1.26. The van der Waals surface area contributed by atoms with Crippen LogP contribution >= 0.6 is 0 Å². The van der Waals surface area contributed by atoms with Gasteiger partial charge in [-0.2, -0.15) is 0 Å². The van der Waals surface area contributed by atoms with E-state index in [9.17, 15) is 9.59 Å². The van der Waals surface area contributed by atoms with E-state index in [1.807, 2.05) is 20.8 Å². The standard InChI is InChI=1S/C15H25NO4/c1-8(15(18)19)7-16(12-5-6-12)14(17)13-9(2)10(3)20-11(13)4/h8-13H,5-7H2,1-4H3,(H,18,19). The van der Waals surface area contributed by atoms with E-state index >= 15 is 0 Å². The molecule has 0 aromatic rings. The van der Waals surface area contributed by atoms with Crippen molar-refractivity contribution < 1.29 is 19.4 Å². The quantitative estimate of drug-likeness (QED) is 0.835. The Hall–Kier alpha value is -1.10. The average Bonchev–Trinajstić information content (AvgIpc) is 3.15. The maximum Gasteiger partial charge on any atom is 0.308 e. The summed E-state index contributed by atoms with van der Waals surface area (Å²) in [4.78, 5) is 25.6. The molecule has 1 saturated heterocycles. The molecule has 1 heterocycles. The van der Waals surface area contributed by atoms with E-state index < -0.39 is 11.9 Å². The zero-order valence-electron chi connectivity index (χ0n) is 12.7. The molecular weight excluding hydrogens is 258 g/mol. The van der Waals surface area contributed by atoms with Crippen LogP contribution < -0.4 is 0 Å². The van der Waals surface area contributed by atoms with Gasteiger partial charge in [0.1, 0.15) is 0 Å². The molecule has 0 aromatic heterocycles. The van der Waals surface area contributed by atoms with Crippen molar-refractivity contribution in [2.45, 2.75) is 58.8 Å². The molecule has 20 heavy (non-hydrogen) atoms. The van der Waals surface area contributed by atoms with Crippen molar-refractivity contribution in [3.05, 3.63) is 0 Å². The van der Waals surface area contributed by atoms with E-state index in [1.54, 1.807) is 11.8 Å². The van der Waals surface area contributed by atoms with Gasteiger partial charge in [-0.3, -0.25) is 9.59 Å². The van der Waals surface area contributed by atoms with Gasteiger partial charge in [-0.15, -0.1) is 0 Å². The highest BCUT2D eigenvalue weighted by molar-refractivity contribution is 5.81. The first kappa shape index (κ1) is 15.3. The summed E-state index contributed by atoms with van der Waals surface area (Å²) in [5, 5.41) is 9.06. The van der Waals surface area contributed by atoms with Crippen LogP contribution in [-0.2, 0) is 14.3 Å². The van der Waals surface area contributed by atoms with Gasteiger partial charge in [0.25, 0.3) is 0 Å². The van der Waals surface area contributed by atoms with Gasteiger partial charge in [-0.1, -0.05) is 13.8 Å². The SMILES string of the molecule is CC(CN(C(=O)C1C(C)OC(C)C1C)C1CC1)C(=O)O. The molecule has 5 nitrogen and oxygen atoms in total. The maximum absolute atomic E-state index is 12.8. The number of hydrogen-bond donors (Lipinski definition) is 1. The predicted octanol–water partition coefficient (Wildman–Crippen LogP) is 1.76. The van der Waals surface area contributed by atoms with Gasteiger partial charge in [0.15, 0.2) is 0 Å². The Kier molecular flexibility index (Phi) is 4.37. The van der Waals surface area contributed by atoms with Gasteiger partial charge in [0.05, 0.1) is 24.0 Å². The Morgan fingerprint density at radius 2 is 1.85 bits per heavy atom. The van der Waals surface area contributed by atoms with Crippen LogP contribution in [0.3, 0.4) is 0 Å². The Bertz CT molecular complexity index is 393. The number of rotatable bonds is 5. The van der Waals surface area contributed by atoms with Crippen molar-refractivity contribution in [3.63, 3.8) is 0 Å². The molecular formula is C15H25NO4. The van der Waals surface area contributed by atoms with Gasteiger partial charge in [-0.05, 0) is 32.6 Å². The van der Waals surface area contributed by atoms with Crippen LogP contribution in [0.1, 0.15) is 40.5 Å². The molecule has 1 saturated carbocycles. The fourth-order valence-corrected chi connectivity index (χ4v) is 3.06. The third kappa shape index (κ3) is 2.97. The predicted molar refractivity (Wildman–Crippen MR) is 74.2 cm³/mol. The zero-order chi connectivity index (χ0) is 15.0. The molecule has 2 aliphatic rings. The molecule has 5 heteroatoms. The molecule has 5 atom stereocenters. The van der Waals surface area contributed by atoms with Crippen LogP contribution in [0.15, 0.2) is 0 Å². The summed E-state index contributed by atoms with van der Waals surface area (Å²) < 4.78 is 5.75. The van der Waals surface area contributed by atoms with Gasteiger partial charge < -0.3 is 14.7 Å². The Balaban J connectivity index is 2.09. The van der Waals surface area contributed by atoms with E-state index in [-0.39, 0.29) is 36.0 Å². The van der Waals surface area contributed by atoms with Crippen LogP contribution in [-0.4, -0.2) is 46.7 Å². The summed E-state index contributed by atoms with van der Waals surface area (Å²) >= 11 is 0. The number of carbonyl (C=O) groups is 2. The van der Waals surface area contributed by atoms with Crippen molar-refractivity contribution in [2.75, 3.05) is 6.54 Å². The lowest BCUT2D eigenvalue weighted by Crippen LogP contribution is -2.45. The van der Waals surface area contributed by atoms with Crippen LogP contribution in [0.5, 0.6) is 0 Å². The first-order valence-electron chi connectivity index (χ1n) is 7.51. The second-order valence-corrected chi connectivity index (χ2v) is 6.39.